The number of methoxy groups -OCH3 is 1. The first-order chi connectivity index (χ1) is 12.7. The van der Waals surface area contributed by atoms with Crippen LogP contribution in [0.5, 0.6) is 5.75 Å². The standard InChI is InChI=1S/C21H22N2O3/c1-25-17-8-6-16(7-9-17)23-12-10-22(11-13-23)15-18-14-20(24)19-4-2-3-5-21(19)26-18/h2-9,14H,10-13,15H2,1H3. The van der Waals surface area contributed by atoms with Gasteiger partial charge in [-0.3, -0.25) is 9.69 Å². The Morgan fingerprint density at radius 3 is 2.46 bits per heavy atom. The first kappa shape index (κ1) is 16.7. The van der Waals surface area contributed by atoms with Crippen LogP contribution in [-0.2, 0) is 6.54 Å². The monoisotopic (exact) mass is 350 g/mol. The molecule has 0 unspecified atom stereocenters. The molecule has 3 aromatic rings. The van der Waals surface area contributed by atoms with Crippen LogP contribution >= 0.6 is 0 Å². The van der Waals surface area contributed by atoms with E-state index in [1.807, 2.05) is 30.3 Å². The third kappa shape index (κ3) is 3.44. The Hall–Kier alpha value is -2.79. The summed E-state index contributed by atoms with van der Waals surface area (Å²) in [4.78, 5) is 16.9. The maximum absolute atomic E-state index is 12.2. The predicted molar refractivity (Wildman–Crippen MR) is 103 cm³/mol. The molecule has 1 fully saturated rings. The lowest BCUT2D eigenvalue weighted by atomic mass is 10.2. The molecule has 0 N–H and O–H groups in total. The molecule has 0 bridgehead atoms. The van der Waals surface area contributed by atoms with Crippen LogP contribution in [0.4, 0.5) is 5.69 Å². The van der Waals surface area contributed by atoms with E-state index in [1.54, 1.807) is 19.2 Å². The van der Waals surface area contributed by atoms with Crippen LogP contribution in [0, 0.1) is 0 Å². The predicted octanol–water partition coefficient (Wildman–Crippen LogP) is 3.12. The van der Waals surface area contributed by atoms with Crippen molar-refractivity contribution < 1.29 is 9.15 Å². The molecule has 1 aliphatic heterocycles. The van der Waals surface area contributed by atoms with E-state index in [1.165, 1.54) is 5.69 Å². The Bertz CT molecular complexity index is 941. The van der Waals surface area contributed by atoms with Gasteiger partial charge in [-0.15, -0.1) is 0 Å². The number of anilines is 1. The second-order valence-corrected chi connectivity index (χ2v) is 6.53. The van der Waals surface area contributed by atoms with E-state index in [0.717, 1.165) is 37.7 Å². The number of rotatable bonds is 4. The van der Waals surface area contributed by atoms with Gasteiger partial charge < -0.3 is 14.1 Å². The lowest BCUT2D eigenvalue weighted by Crippen LogP contribution is -2.46. The van der Waals surface area contributed by atoms with Crippen LogP contribution in [0.2, 0.25) is 0 Å². The zero-order chi connectivity index (χ0) is 17.9. The number of hydrogen-bond acceptors (Lipinski definition) is 5. The summed E-state index contributed by atoms with van der Waals surface area (Å²) in [5, 5.41) is 0.639. The average Bonchev–Trinajstić information content (AvgIpc) is 2.69. The minimum Gasteiger partial charge on any atom is -0.497 e. The van der Waals surface area contributed by atoms with Crippen molar-refractivity contribution in [2.45, 2.75) is 6.54 Å². The van der Waals surface area contributed by atoms with E-state index in [9.17, 15) is 4.79 Å². The van der Waals surface area contributed by atoms with Gasteiger partial charge in [0.05, 0.1) is 19.0 Å². The fourth-order valence-electron chi connectivity index (χ4n) is 3.41. The van der Waals surface area contributed by atoms with E-state index >= 15 is 0 Å². The fourth-order valence-corrected chi connectivity index (χ4v) is 3.41. The molecule has 0 aliphatic carbocycles. The van der Waals surface area contributed by atoms with Crippen molar-refractivity contribution in [1.82, 2.24) is 4.90 Å². The smallest absolute Gasteiger partial charge is 0.192 e. The normalized spacial score (nSPS) is 15.3. The average molecular weight is 350 g/mol. The van der Waals surface area contributed by atoms with E-state index in [4.69, 9.17) is 9.15 Å². The summed E-state index contributed by atoms with van der Waals surface area (Å²) in [7, 11) is 1.68. The molecule has 2 aromatic carbocycles. The van der Waals surface area contributed by atoms with E-state index < -0.39 is 0 Å². The van der Waals surface area contributed by atoms with Crippen LogP contribution in [0.3, 0.4) is 0 Å². The summed E-state index contributed by atoms with van der Waals surface area (Å²) in [5.74, 6) is 1.60. The Balaban J connectivity index is 1.41. The van der Waals surface area contributed by atoms with E-state index in [0.29, 0.717) is 17.5 Å². The first-order valence-corrected chi connectivity index (χ1v) is 8.86. The highest BCUT2D eigenvalue weighted by molar-refractivity contribution is 5.76. The van der Waals surface area contributed by atoms with Gasteiger partial charge in [-0.2, -0.15) is 0 Å². The highest BCUT2D eigenvalue weighted by Crippen LogP contribution is 2.21. The summed E-state index contributed by atoms with van der Waals surface area (Å²) in [5.41, 5.74) is 1.90. The number of benzene rings is 2. The molecule has 134 valence electrons. The van der Waals surface area contributed by atoms with Crippen LogP contribution in [0.1, 0.15) is 5.76 Å². The molecule has 1 aliphatic rings. The Labute approximate surface area is 152 Å². The maximum atomic E-state index is 12.2. The number of piperazine rings is 1. The fraction of sp³-hybridized carbons (Fsp3) is 0.286. The van der Waals surface area contributed by atoms with Gasteiger partial charge in [-0.05, 0) is 36.4 Å². The second kappa shape index (κ2) is 7.22. The van der Waals surface area contributed by atoms with Gasteiger partial charge in [0.25, 0.3) is 0 Å². The summed E-state index contributed by atoms with van der Waals surface area (Å²) in [6.45, 7) is 4.43. The van der Waals surface area contributed by atoms with Gasteiger partial charge in [0.1, 0.15) is 17.1 Å². The van der Waals surface area contributed by atoms with Crippen molar-refractivity contribution in [3.05, 3.63) is 70.6 Å². The molecule has 0 radical (unpaired) electrons. The lowest BCUT2D eigenvalue weighted by molar-refractivity contribution is 0.231. The molecule has 0 saturated carbocycles. The number of ether oxygens (including phenoxy) is 1. The van der Waals surface area contributed by atoms with Crippen LogP contribution < -0.4 is 15.1 Å². The van der Waals surface area contributed by atoms with Crippen molar-refractivity contribution in [3.63, 3.8) is 0 Å². The SMILES string of the molecule is COc1ccc(N2CCN(Cc3cc(=O)c4ccccc4o3)CC2)cc1. The van der Waals surface area contributed by atoms with E-state index in [-0.39, 0.29) is 5.43 Å². The largest absolute Gasteiger partial charge is 0.497 e. The Morgan fingerprint density at radius 2 is 1.73 bits per heavy atom. The van der Waals surface area contributed by atoms with Gasteiger partial charge in [-0.1, -0.05) is 12.1 Å². The van der Waals surface area contributed by atoms with Crippen LogP contribution in [0.25, 0.3) is 11.0 Å². The lowest BCUT2D eigenvalue weighted by Gasteiger charge is -2.35. The quantitative estimate of drug-likeness (QED) is 0.723. The number of nitrogens with zero attached hydrogens (tertiary/aromatic N) is 2. The van der Waals surface area contributed by atoms with Gasteiger partial charge in [0.2, 0.25) is 0 Å². The minimum absolute atomic E-state index is 0.0266. The number of para-hydroxylation sites is 1. The molecule has 4 rings (SSSR count). The zero-order valence-corrected chi connectivity index (χ0v) is 14.9. The topological polar surface area (TPSA) is 45.9 Å². The minimum atomic E-state index is 0.0266. The van der Waals surface area contributed by atoms with E-state index in [2.05, 4.69) is 21.9 Å². The maximum Gasteiger partial charge on any atom is 0.192 e. The third-order valence-electron chi connectivity index (χ3n) is 4.87. The number of hydrogen-bond donors (Lipinski definition) is 0. The molecular weight excluding hydrogens is 328 g/mol. The van der Waals surface area contributed by atoms with Gasteiger partial charge >= 0.3 is 0 Å². The molecule has 0 atom stereocenters. The number of fused-ring (bicyclic) bond motifs is 1. The molecule has 5 heteroatoms. The molecule has 5 nitrogen and oxygen atoms in total. The first-order valence-electron chi connectivity index (χ1n) is 8.86. The Morgan fingerprint density at radius 1 is 1.00 bits per heavy atom. The summed E-state index contributed by atoms with van der Waals surface area (Å²) >= 11 is 0. The van der Waals surface area contributed by atoms with Crippen molar-refractivity contribution in [2.75, 3.05) is 38.2 Å². The third-order valence-corrected chi connectivity index (χ3v) is 4.87. The molecular formula is C21H22N2O3. The summed E-state index contributed by atoms with van der Waals surface area (Å²) in [6, 6.07) is 17.2. The van der Waals surface area contributed by atoms with Crippen LogP contribution in [-0.4, -0.2) is 38.2 Å². The molecule has 1 saturated heterocycles. The molecule has 1 aromatic heterocycles. The van der Waals surface area contributed by atoms with Gasteiger partial charge in [0, 0.05) is 37.9 Å². The summed E-state index contributed by atoms with van der Waals surface area (Å²) in [6.07, 6.45) is 0. The zero-order valence-electron chi connectivity index (χ0n) is 14.9. The second-order valence-electron chi connectivity index (χ2n) is 6.53. The van der Waals surface area contributed by atoms with Gasteiger partial charge in [0.15, 0.2) is 5.43 Å². The van der Waals surface area contributed by atoms with Crippen LogP contribution in [0.15, 0.2) is 63.8 Å². The van der Waals surface area contributed by atoms with Gasteiger partial charge in [-0.25, -0.2) is 0 Å². The molecule has 26 heavy (non-hydrogen) atoms. The molecule has 0 spiro atoms. The van der Waals surface area contributed by atoms with Crippen molar-refractivity contribution in [2.24, 2.45) is 0 Å². The summed E-state index contributed by atoms with van der Waals surface area (Å²) < 4.78 is 11.1. The highest BCUT2D eigenvalue weighted by Gasteiger charge is 2.18. The van der Waals surface area contributed by atoms with Crippen molar-refractivity contribution >= 4 is 16.7 Å². The molecule has 2 heterocycles. The Kier molecular flexibility index (Phi) is 4.63. The van der Waals surface area contributed by atoms with Crippen molar-refractivity contribution in [3.8, 4) is 5.75 Å². The molecule has 0 amide bonds. The van der Waals surface area contributed by atoms with Crippen molar-refractivity contribution in [1.29, 1.82) is 0 Å². The highest BCUT2D eigenvalue weighted by atomic mass is 16.5.